The van der Waals surface area contributed by atoms with Crippen LogP contribution in [0.5, 0.6) is 0 Å². The Labute approximate surface area is 207 Å². The number of β-amino-alcohol motifs (C(OH)–C–C–N with tert-alkyl or cyclic N) is 1. The molecule has 0 radical (unpaired) electrons. The van der Waals surface area contributed by atoms with Crippen LogP contribution in [-0.4, -0.2) is 76.6 Å². The summed E-state index contributed by atoms with van der Waals surface area (Å²) in [6.45, 7) is 10.1. The van der Waals surface area contributed by atoms with E-state index in [0.717, 1.165) is 5.57 Å². The molecule has 1 saturated carbocycles. The lowest BCUT2D eigenvalue weighted by Crippen LogP contribution is -2.54. The van der Waals surface area contributed by atoms with Gasteiger partial charge in [-0.25, -0.2) is 4.79 Å². The Kier molecular flexibility index (Phi) is 6.48. The predicted octanol–water partition coefficient (Wildman–Crippen LogP) is 2.80. The number of carbonyl (C=O) groups excluding carboxylic acids is 2. The second-order valence-electron chi connectivity index (χ2n) is 11.8. The Bertz CT molecular complexity index is 1020. The van der Waals surface area contributed by atoms with Gasteiger partial charge in [-0.2, -0.15) is 0 Å². The fourth-order valence-corrected chi connectivity index (χ4v) is 6.74. The maximum Gasteiger partial charge on any atom is 0.340 e. The summed E-state index contributed by atoms with van der Waals surface area (Å²) in [5.41, 5.74) is 0.0299. The summed E-state index contributed by atoms with van der Waals surface area (Å²) >= 11 is 0. The largest absolute Gasteiger partial charge is 0.504 e. The Hall–Kier alpha value is -2.16. The zero-order chi connectivity index (χ0) is 25.9. The van der Waals surface area contributed by atoms with Gasteiger partial charge in [-0.15, -0.1) is 0 Å². The summed E-state index contributed by atoms with van der Waals surface area (Å²) in [5, 5.41) is 31.8. The third-order valence-electron chi connectivity index (χ3n) is 8.90. The number of esters is 1. The Morgan fingerprint density at radius 1 is 1.23 bits per heavy atom. The smallest absolute Gasteiger partial charge is 0.340 e. The fraction of sp³-hybridized carbons (Fsp3) is 0.704. The summed E-state index contributed by atoms with van der Waals surface area (Å²) in [6, 6.07) is 0. The molecule has 2 fully saturated rings. The summed E-state index contributed by atoms with van der Waals surface area (Å²) in [5.74, 6) is -1.69. The maximum absolute atomic E-state index is 13.8. The molecule has 35 heavy (non-hydrogen) atoms. The van der Waals surface area contributed by atoms with Crippen molar-refractivity contribution in [3.63, 3.8) is 0 Å². The second-order valence-corrected chi connectivity index (χ2v) is 11.8. The number of nitrogens with zero attached hydrogens (tertiary/aromatic N) is 1. The van der Waals surface area contributed by atoms with E-state index in [1.165, 1.54) is 7.11 Å². The number of fused-ring (bicyclic) bond motifs is 4. The van der Waals surface area contributed by atoms with Gasteiger partial charge in [-0.05, 0) is 64.9 Å². The molecule has 5 atom stereocenters. The van der Waals surface area contributed by atoms with E-state index in [9.17, 15) is 24.9 Å². The number of cyclic esters (lactones) is 1. The monoisotopic (exact) mass is 489 g/mol. The molecule has 4 aliphatic rings. The van der Waals surface area contributed by atoms with Gasteiger partial charge >= 0.3 is 5.97 Å². The quantitative estimate of drug-likeness (QED) is 0.399. The molecule has 0 aromatic carbocycles. The number of aliphatic hydroxyl groups excluding tert-OH is 3. The highest BCUT2D eigenvalue weighted by atomic mass is 16.6. The number of rotatable bonds is 5. The van der Waals surface area contributed by atoms with Crippen molar-refractivity contribution in [2.24, 2.45) is 16.7 Å². The molecule has 194 valence electrons. The van der Waals surface area contributed by atoms with Crippen molar-refractivity contribution in [3.8, 4) is 0 Å². The molecule has 8 heteroatoms. The number of aliphatic hydroxyl groups is 3. The van der Waals surface area contributed by atoms with Crippen molar-refractivity contribution in [3.05, 3.63) is 34.3 Å². The number of methoxy groups -OCH3 is 1. The van der Waals surface area contributed by atoms with E-state index in [1.54, 1.807) is 6.20 Å². The number of ether oxygens (including phenoxy) is 2. The Balaban J connectivity index is 1.94. The van der Waals surface area contributed by atoms with Gasteiger partial charge in [0.15, 0.2) is 5.76 Å². The highest BCUT2D eigenvalue weighted by molar-refractivity contribution is 6.12. The van der Waals surface area contributed by atoms with Crippen LogP contribution in [0.1, 0.15) is 60.3 Å². The van der Waals surface area contributed by atoms with E-state index >= 15 is 0 Å². The lowest BCUT2D eigenvalue weighted by Gasteiger charge is -2.52. The maximum atomic E-state index is 13.8. The first-order valence-corrected chi connectivity index (χ1v) is 12.5. The molecule has 0 amide bonds. The highest BCUT2D eigenvalue weighted by Gasteiger charge is 2.61. The lowest BCUT2D eigenvalue weighted by atomic mass is 9.54. The van der Waals surface area contributed by atoms with Crippen molar-refractivity contribution in [2.45, 2.75) is 78.0 Å². The lowest BCUT2D eigenvalue weighted by molar-refractivity contribution is -0.156. The number of hydrogen-bond donors (Lipinski definition) is 3. The summed E-state index contributed by atoms with van der Waals surface area (Å²) in [6.07, 6.45) is 2.95. The zero-order valence-electron chi connectivity index (χ0n) is 21.7. The SMILES string of the molecule is COC[C@H]1OC(=O)/C(=C/N(CCO)C(C)(C)C)C2=C(O)C(=O)C3=C(CC[C@@]4(C)C3CC[C@@H]4O)[C@]21C. The topological polar surface area (TPSA) is 117 Å². The van der Waals surface area contributed by atoms with E-state index in [0.29, 0.717) is 31.3 Å². The van der Waals surface area contributed by atoms with Crippen molar-refractivity contribution in [1.82, 2.24) is 4.90 Å². The van der Waals surface area contributed by atoms with Gasteiger partial charge < -0.3 is 29.7 Å². The van der Waals surface area contributed by atoms with Crippen LogP contribution >= 0.6 is 0 Å². The number of Topliss-reactive ketones (excluding diaryl/α,β-unsaturated/α-hetero) is 1. The molecule has 1 heterocycles. The highest BCUT2D eigenvalue weighted by Crippen LogP contribution is 2.62. The predicted molar refractivity (Wildman–Crippen MR) is 129 cm³/mol. The minimum Gasteiger partial charge on any atom is -0.504 e. The minimum atomic E-state index is -0.958. The minimum absolute atomic E-state index is 0.113. The zero-order valence-corrected chi connectivity index (χ0v) is 21.7. The number of allylic oxidation sites excluding steroid dienone is 1. The second kappa shape index (κ2) is 8.75. The van der Waals surface area contributed by atoms with Gasteiger partial charge in [0.25, 0.3) is 0 Å². The van der Waals surface area contributed by atoms with Crippen LogP contribution < -0.4 is 0 Å². The van der Waals surface area contributed by atoms with E-state index in [1.807, 2.05) is 39.5 Å². The van der Waals surface area contributed by atoms with Crippen LogP contribution in [-0.2, 0) is 19.1 Å². The van der Waals surface area contributed by atoms with Gasteiger partial charge in [-0.1, -0.05) is 6.92 Å². The molecule has 1 aliphatic heterocycles. The van der Waals surface area contributed by atoms with E-state index in [2.05, 4.69) is 0 Å². The normalized spacial score (nSPS) is 36.2. The molecular formula is C27H39NO7. The Morgan fingerprint density at radius 2 is 1.91 bits per heavy atom. The van der Waals surface area contributed by atoms with Crippen molar-refractivity contribution < 1.29 is 34.4 Å². The first-order chi connectivity index (χ1) is 16.3. The molecule has 8 nitrogen and oxygen atoms in total. The van der Waals surface area contributed by atoms with Crippen LogP contribution in [0.2, 0.25) is 0 Å². The summed E-state index contributed by atoms with van der Waals surface area (Å²) < 4.78 is 11.4. The number of carbonyl (C=O) groups is 2. The molecule has 1 unspecified atom stereocenters. The van der Waals surface area contributed by atoms with E-state index in [4.69, 9.17) is 9.47 Å². The fourth-order valence-electron chi connectivity index (χ4n) is 6.74. The van der Waals surface area contributed by atoms with Gasteiger partial charge in [0.1, 0.15) is 6.10 Å². The molecule has 4 rings (SSSR count). The van der Waals surface area contributed by atoms with E-state index < -0.39 is 46.1 Å². The molecule has 1 saturated heterocycles. The van der Waals surface area contributed by atoms with Crippen LogP contribution in [0.4, 0.5) is 0 Å². The average molecular weight is 490 g/mol. The number of hydrogen-bond acceptors (Lipinski definition) is 8. The molecule has 0 aromatic rings. The molecular weight excluding hydrogens is 450 g/mol. The third kappa shape index (κ3) is 3.76. The molecule has 0 bridgehead atoms. The van der Waals surface area contributed by atoms with Crippen molar-refractivity contribution in [2.75, 3.05) is 26.9 Å². The van der Waals surface area contributed by atoms with Crippen LogP contribution in [0, 0.1) is 16.7 Å². The molecule has 0 spiro atoms. The van der Waals surface area contributed by atoms with E-state index in [-0.39, 0.29) is 36.8 Å². The molecule has 0 aromatic heterocycles. The Morgan fingerprint density at radius 3 is 2.51 bits per heavy atom. The van der Waals surface area contributed by atoms with Crippen molar-refractivity contribution in [1.29, 1.82) is 0 Å². The standard InChI is InChI=1S/C27H39NO7/c1-25(2,3)28(11-12-29)13-15-21-23(32)22(31)20-16-7-8-18(30)26(16,4)10-9-17(20)27(21,5)19(14-34-6)35-24(15)33/h13,16,18-19,29-30,32H,7-12,14H2,1-6H3/b15-13+/t16?,18-,19+,26-,27-/m0/s1. The third-order valence-corrected chi connectivity index (χ3v) is 8.90. The van der Waals surface area contributed by atoms with Crippen LogP contribution in [0.3, 0.4) is 0 Å². The van der Waals surface area contributed by atoms with Crippen LogP contribution in [0.15, 0.2) is 34.3 Å². The van der Waals surface area contributed by atoms with Crippen molar-refractivity contribution >= 4 is 11.8 Å². The molecule has 3 N–H and O–H groups in total. The average Bonchev–Trinajstić information content (AvgIpc) is 3.08. The van der Waals surface area contributed by atoms with Gasteiger partial charge in [0, 0.05) is 42.0 Å². The first kappa shape index (κ1) is 25.9. The van der Waals surface area contributed by atoms with Gasteiger partial charge in [0.2, 0.25) is 5.78 Å². The first-order valence-electron chi connectivity index (χ1n) is 12.5. The van der Waals surface area contributed by atoms with Gasteiger partial charge in [-0.3, -0.25) is 4.79 Å². The molecule has 3 aliphatic carbocycles. The van der Waals surface area contributed by atoms with Crippen LogP contribution in [0.25, 0.3) is 0 Å². The summed E-state index contributed by atoms with van der Waals surface area (Å²) in [7, 11) is 1.53. The summed E-state index contributed by atoms with van der Waals surface area (Å²) in [4.78, 5) is 28.9. The number of ketones is 1. The van der Waals surface area contributed by atoms with Gasteiger partial charge in [0.05, 0.1) is 30.3 Å².